The van der Waals surface area contributed by atoms with E-state index in [1.54, 1.807) is 12.1 Å². The van der Waals surface area contributed by atoms with Gasteiger partial charge in [-0.15, -0.1) is 11.6 Å². The van der Waals surface area contributed by atoms with Crippen LogP contribution in [0.5, 0.6) is 0 Å². The molecule has 0 aromatic heterocycles. The van der Waals surface area contributed by atoms with Crippen LogP contribution in [0.15, 0.2) is 18.2 Å². The van der Waals surface area contributed by atoms with E-state index in [0.29, 0.717) is 22.9 Å². The van der Waals surface area contributed by atoms with E-state index >= 15 is 0 Å². The molecule has 0 N–H and O–H groups in total. The van der Waals surface area contributed by atoms with Crippen molar-refractivity contribution in [2.45, 2.75) is 38.5 Å². The van der Waals surface area contributed by atoms with Crippen LogP contribution in [0.4, 0.5) is 4.39 Å². The van der Waals surface area contributed by atoms with Crippen molar-refractivity contribution < 1.29 is 4.39 Å². The second kappa shape index (κ2) is 6.46. The van der Waals surface area contributed by atoms with Crippen molar-refractivity contribution in [2.24, 2.45) is 5.92 Å². The maximum absolute atomic E-state index is 13.5. The van der Waals surface area contributed by atoms with E-state index in [2.05, 4.69) is 13.8 Å². The fourth-order valence-electron chi connectivity index (χ4n) is 1.57. The normalized spacial score (nSPS) is 13.1. The molecular formula is C13H17Cl2F. The summed E-state index contributed by atoms with van der Waals surface area (Å²) in [7, 11) is 0. The van der Waals surface area contributed by atoms with Gasteiger partial charge in [0.25, 0.3) is 0 Å². The molecule has 0 aliphatic heterocycles. The molecule has 3 heteroatoms. The van der Waals surface area contributed by atoms with E-state index < -0.39 is 0 Å². The predicted molar refractivity (Wildman–Crippen MR) is 68.8 cm³/mol. The van der Waals surface area contributed by atoms with Gasteiger partial charge in [0, 0.05) is 16.0 Å². The first-order valence-electron chi connectivity index (χ1n) is 5.57. The Morgan fingerprint density at radius 2 is 1.94 bits per heavy atom. The van der Waals surface area contributed by atoms with Crippen LogP contribution < -0.4 is 0 Å². The Balaban J connectivity index is 2.59. The number of halogens is 3. The molecule has 1 aromatic rings. The zero-order valence-electron chi connectivity index (χ0n) is 9.64. The molecule has 0 aliphatic rings. The summed E-state index contributed by atoms with van der Waals surface area (Å²) in [6, 6.07) is 4.73. The van der Waals surface area contributed by atoms with Crippen LogP contribution in [-0.2, 0) is 6.42 Å². The van der Waals surface area contributed by atoms with Crippen LogP contribution in [0.2, 0.25) is 5.02 Å². The molecule has 0 heterocycles. The molecule has 16 heavy (non-hydrogen) atoms. The molecule has 0 radical (unpaired) electrons. The summed E-state index contributed by atoms with van der Waals surface area (Å²) in [6.07, 6.45) is 2.45. The smallest absolute Gasteiger partial charge is 0.127 e. The van der Waals surface area contributed by atoms with Gasteiger partial charge in [0.2, 0.25) is 0 Å². The Bertz CT molecular complexity index is 316. The lowest BCUT2D eigenvalue weighted by Gasteiger charge is -2.12. The third-order valence-electron chi connectivity index (χ3n) is 2.54. The van der Waals surface area contributed by atoms with E-state index in [9.17, 15) is 4.39 Å². The molecule has 1 atom stereocenters. The number of alkyl halides is 1. The minimum atomic E-state index is -0.261. The van der Waals surface area contributed by atoms with Crippen molar-refractivity contribution in [1.82, 2.24) is 0 Å². The maximum atomic E-state index is 13.5. The molecule has 0 saturated carbocycles. The Morgan fingerprint density at radius 1 is 1.25 bits per heavy atom. The summed E-state index contributed by atoms with van der Waals surface area (Å²) in [5.74, 6) is 0.361. The molecule has 90 valence electrons. The highest BCUT2D eigenvalue weighted by molar-refractivity contribution is 6.31. The second-order valence-corrected chi connectivity index (χ2v) is 5.50. The first-order chi connectivity index (χ1) is 7.50. The van der Waals surface area contributed by atoms with Crippen molar-refractivity contribution in [3.63, 3.8) is 0 Å². The first kappa shape index (κ1) is 13.8. The van der Waals surface area contributed by atoms with Gasteiger partial charge in [-0.3, -0.25) is 0 Å². The fourth-order valence-corrected chi connectivity index (χ4v) is 2.09. The van der Waals surface area contributed by atoms with E-state index in [-0.39, 0.29) is 11.2 Å². The molecule has 0 spiro atoms. The topological polar surface area (TPSA) is 0 Å². The SMILES string of the molecule is CC(C)CCC(Cl)Cc1c(F)cccc1Cl. The van der Waals surface area contributed by atoms with Gasteiger partial charge in [0.05, 0.1) is 0 Å². The molecule has 0 amide bonds. The van der Waals surface area contributed by atoms with Gasteiger partial charge in [-0.05, 0) is 37.3 Å². The van der Waals surface area contributed by atoms with Gasteiger partial charge in [0.15, 0.2) is 0 Å². The highest BCUT2D eigenvalue weighted by atomic mass is 35.5. The summed E-state index contributed by atoms with van der Waals surface area (Å²) in [5, 5.41) is 0.423. The third kappa shape index (κ3) is 4.31. The lowest BCUT2D eigenvalue weighted by atomic mass is 10.0. The zero-order chi connectivity index (χ0) is 12.1. The Hall–Kier alpha value is -0.270. The number of benzene rings is 1. The van der Waals surface area contributed by atoms with Crippen molar-refractivity contribution in [3.8, 4) is 0 Å². The summed E-state index contributed by atoms with van der Waals surface area (Å²) >= 11 is 12.1. The third-order valence-corrected chi connectivity index (χ3v) is 3.27. The quantitative estimate of drug-likeness (QED) is 0.651. The summed E-state index contributed by atoms with van der Waals surface area (Å²) in [5.41, 5.74) is 0.535. The van der Waals surface area contributed by atoms with Crippen LogP contribution in [-0.4, -0.2) is 5.38 Å². The van der Waals surface area contributed by atoms with Crippen LogP contribution in [0.3, 0.4) is 0 Å². The van der Waals surface area contributed by atoms with Crippen molar-refractivity contribution in [3.05, 3.63) is 34.6 Å². The molecule has 0 bridgehead atoms. The predicted octanol–water partition coefficient (Wildman–Crippen LogP) is 5.07. The minimum absolute atomic E-state index is 0.0446. The molecule has 0 fully saturated rings. The average molecular weight is 263 g/mol. The average Bonchev–Trinajstić information content (AvgIpc) is 2.21. The number of hydrogen-bond donors (Lipinski definition) is 0. The fraction of sp³-hybridized carbons (Fsp3) is 0.538. The van der Waals surface area contributed by atoms with E-state index in [1.807, 2.05) is 0 Å². The zero-order valence-corrected chi connectivity index (χ0v) is 11.2. The lowest BCUT2D eigenvalue weighted by Crippen LogP contribution is -2.07. The standard InChI is InChI=1S/C13H17Cl2F/c1-9(2)6-7-10(14)8-11-12(15)4-3-5-13(11)16/h3-5,9-10H,6-8H2,1-2H3. The largest absolute Gasteiger partial charge is 0.207 e. The van der Waals surface area contributed by atoms with E-state index in [4.69, 9.17) is 23.2 Å². The molecule has 1 aromatic carbocycles. The van der Waals surface area contributed by atoms with Crippen LogP contribution in [0.25, 0.3) is 0 Å². The van der Waals surface area contributed by atoms with Gasteiger partial charge >= 0.3 is 0 Å². The lowest BCUT2D eigenvalue weighted by molar-refractivity contribution is 0.535. The molecular weight excluding hydrogens is 246 g/mol. The molecule has 1 unspecified atom stereocenters. The number of hydrogen-bond acceptors (Lipinski definition) is 0. The van der Waals surface area contributed by atoms with Crippen molar-refractivity contribution >= 4 is 23.2 Å². The molecule has 0 nitrogen and oxygen atoms in total. The van der Waals surface area contributed by atoms with Crippen LogP contribution in [0, 0.1) is 11.7 Å². The number of rotatable bonds is 5. The molecule has 0 saturated heterocycles. The van der Waals surface area contributed by atoms with Gasteiger partial charge in [-0.25, -0.2) is 4.39 Å². The van der Waals surface area contributed by atoms with Crippen LogP contribution in [0.1, 0.15) is 32.3 Å². The van der Waals surface area contributed by atoms with Gasteiger partial charge in [-0.2, -0.15) is 0 Å². The highest BCUT2D eigenvalue weighted by Gasteiger charge is 2.13. The van der Waals surface area contributed by atoms with E-state index in [1.165, 1.54) is 6.07 Å². The molecule has 1 rings (SSSR count). The van der Waals surface area contributed by atoms with Gasteiger partial charge in [0.1, 0.15) is 5.82 Å². The van der Waals surface area contributed by atoms with Crippen LogP contribution >= 0.6 is 23.2 Å². The van der Waals surface area contributed by atoms with Gasteiger partial charge in [-0.1, -0.05) is 31.5 Å². The van der Waals surface area contributed by atoms with Crippen molar-refractivity contribution in [2.75, 3.05) is 0 Å². The first-order valence-corrected chi connectivity index (χ1v) is 6.39. The summed E-state index contributed by atoms with van der Waals surface area (Å²) in [6.45, 7) is 4.30. The Kier molecular flexibility index (Phi) is 5.57. The summed E-state index contributed by atoms with van der Waals surface area (Å²) < 4.78 is 13.5. The summed E-state index contributed by atoms with van der Waals surface area (Å²) in [4.78, 5) is 0. The van der Waals surface area contributed by atoms with Crippen molar-refractivity contribution in [1.29, 1.82) is 0 Å². The Labute approximate surface area is 107 Å². The highest BCUT2D eigenvalue weighted by Crippen LogP contribution is 2.24. The molecule has 0 aliphatic carbocycles. The minimum Gasteiger partial charge on any atom is -0.207 e. The monoisotopic (exact) mass is 262 g/mol. The second-order valence-electron chi connectivity index (χ2n) is 4.47. The van der Waals surface area contributed by atoms with E-state index in [0.717, 1.165) is 12.8 Å². The Morgan fingerprint density at radius 3 is 2.50 bits per heavy atom. The maximum Gasteiger partial charge on any atom is 0.127 e. The van der Waals surface area contributed by atoms with Gasteiger partial charge < -0.3 is 0 Å².